The van der Waals surface area contributed by atoms with E-state index in [2.05, 4.69) is 39.4 Å². The minimum Gasteiger partial charge on any atom is -0.370 e. The predicted octanol–water partition coefficient (Wildman–Crippen LogP) is 1.58. The molecule has 17 heavy (non-hydrogen) atoms. The fraction of sp³-hybridized carbons (Fsp3) is 0.500. The Morgan fingerprint density at radius 2 is 2.41 bits per heavy atom. The first kappa shape index (κ1) is 10.4. The molecular weight excluding hydrogens is 214 g/mol. The summed E-state index contributed by atoms with van der Waals surface area (Å²) in [5.74, 6) is 1.13. The van der Waals surface area contributed by atoms with Crippen molar-refractivity contribution in [3.05, 3.63) is 29.7 Å². The fourth-order valence-corrected chi connectivity index (χ4v) is 2.37. The highest BCUT2D eigenvalue weighted by Crippen LogP contribution is 2.29. The van der Waals surface area contributed by atoms with Gasteiger partial charge in [-0.25, -0.2) is 4.68 Å². The molecule has 1 aliphatic rings. The lowest BCUT2D eigenvalue weighted by atomic mass is 10.1. The van der Waals surface area contributed by atoms with Gasteiger partial charge >= 0.3 is 0 Å². The minimum absolute atomic E-state index is 0.320. The van der Waals surface area contributed by atoms with Crippen molar-refractivity contribution in [1.82, 2.24) is 19.6 Å². The minimum atomic E-state index is 0.320. The van der Waals surface area contributed by atoms with Crippen molar-refractivity contribution in [2.75, 3.05) is 11.9 Å². The van der Waals surface area contributed by atoms with E-state index in [9.17, 15) is 0 Å². The highest BCUT2D eigenvalue weighted by atomic mass is 15.4. The number of fused-ring (bicyclic) bond motifs is 1. The molecule has 0 spiro atoms. The van der Waals surface area contributed by atoms with Gasteiger partial charge in [0.25, 0.3) is 0 Å². The molecule has 0 radical (unpaired) electrons. The van der Waals surface area contributed by atoms with Crippen LogP contribution in [0.5, 0.6) is 0 Å². The maximum Gasteiger partial charge on any atom is 0.125 e. The number of anilines is 1. The molecule has 1 atom stereocenters. The molecule has 0 fully saturated rings. The second-order valence-electron chi connectivity index (χ2n) is 4.50. The summed E-state index contributed by atoms with van der Waals surface area (Å²) < 4.78 is 3.95. The highest BCUT2D eigenvalue weighted by Gasteiger charge is 2.23. The van der Waals surface area contributed by atoms with Gasteiger partial charge in [0, 0.05) is 31.4 Å². The Balaban J connectivity index is 2.01. The van der Waals surface area contributed by atoms with Crippen LogP contribution >= 0.6 is 0 Å². The molecule has 0 saturated heterocycles. The molecule has 0 aliphatic carbocycles. The number of hydrogen-bond acceptors (Lipinski definition) is 3. The van der Waals surface area contributed by atoms with Crippen LogP contribution < -0.4 is 5.32 Å². The maximum atomic E-state index is 4.65. The molecular formula is C12H17N5. The molecule has 3 rings (SSSR count). The van der Waals surface area contributed by atoms with E-state index in [1.807, 2.05) is 17.9 Å². The van der Waals surface area contributed by atoms with Crippen molar-refractivity contribution in [1.29, 1.82) is 0 Å². The maximum absolute atomic E-state index is 4.65. The van der Waals surface area contributed by atoms with E-state index < -0.39 is 0 Å². The zero-order chi connectivity index (χ0) is 11.8. The average Bonchev–Trinajstić information content (AvgIpc) is 2.93. The quantitative estimate of drug-likeness (QED) is 0.853. The van der Waals surface area contributed by atoms with Gasteiger partial charge in [-0.15, -0.1) is 0 Å². The summed E-state index contributed by atoms with van der Waals surface area (Å²) in [6.45, 7) is 3.13. The van der Waals surface area contributed by atoms with E-state index in [-0.39, 0.29) is 0 Å². The predicted molar refractivity (Wildman–Crippen MR) is 66.1 cm³/mol. The second-order valence-corrected chi connectivity index (χ2v) is 4.50. The van der Waals surface area contributed by atoms with Crippen LogP contribution in [0.15, 0.2) is 18.5 Å². The van der Waals surface area contributed by atoms with Crippen LogP contribution in [-0.2, 0) is 13.5 Å². The summed E-state index contributed by atoms with van der Waals surface area (Å²) in [6.07, 6.45) is 6.05. The van der Waals surface area contributed by atoms with Crippen molar-refractivity contribution < 1.29 is 0 Å². The second kappa shape index (κ2) is 3.91. The van der Waals surface area contributed by atoms with Gasteiger partial charge in [-0.2, -0.15) is 10.2 Å². The summed E-state index contributed by atoms with van der Waals surface area (Å²) in [5.41, 5.74) is 2.38. The first-order valence-corrected chi connectivity index (χ1v) is 6.08. The first-order valence-electron chi connectivity index (χ1n) is 6.08. The summed E-state index contributed by atoms with van der Waals surface area (Å²) in [4.78, 5) is 0. The number of rotatable bonds is 2. The lowest BCUT2D eigenvalue weighted by Gasteiger charge is -2.24. The molecule has 0 amide bonds. The summed E-state index contributed by atoms with van der Waals surface area (Å²) in [5, 5.41) is 12.3. The lowest BCUT2D eigenvalue weighted by Crippen LogP contribution is -2.24. The molecule has 0 bridgehead atoms. The van der Waals surface area contributed by atoms with Crippen LogP contribution in [0.1, 0.15) is 30.6 Å². The monoisotopic (exact) mass is 231 g/mol. The molecule has 5 nitrogen and oxygen atoms in total. The van der Waals surface area contributed by atoms with Crippen LogP contribution in [-0.4, -0.2) is 26.1 Å². The summed E-state index contributed by atoms with van der Waals surface area (Å²) >= 11 is 0. The number of nitrogens with zero attached hydrogens (tertiary/aromatic N) is 4. The molecule has 90 valence electrons. The number of hydrogen-bond donors (Lipinski definition) is 1. The summed E-state index contributed by atoms with van der Waals surface area (Å²) in [7, 11) is 1.95. The first-order chi connectivity index (χ1) is 8.28. The normalized spacial score (nSPS) is 18.8. The Kier molecular flexibility index (Phi) is 2.39. The zero-order valence-electron chi connectivity index (χ0n) is 10.2. The third-order valence-corrected chi connectivity index (χ3v) is 3.28. The molecule has 1 unspecified atom stereocenters. The number of aromatic nitrogens is 4. The van der Waals surface area contributed by atoms with Gasteiger partial charge in [-0.3, -0.25) is 4.68 Å². The Morgan fingerprint density at radius 1 is 1.53 bits per heavy atom. The van der Waals surface area contributed by atoms with E-state index in [0.29, 0.717) is 6.04 Å². The average molecular weight is 231 g/mol. The Labute approximate surface area is 100 Å². The van der Waals surface area contributed by atoms with Gasteiger partial charge in [0.2, 0.25) is 0 Å². The van der Waals surface area contributed by atoms with E-state index in [4.69, 9.17) is 0 Å². The summed E-state index contributed by atoms with van der Waals surface area (Å²) in [6, 6.07) is 2.46. The Hall–Kier alpha value is -1.78. The topological polar surface area (TPSA) is 47.7 Å². The fourth-order valence-electron chi connectivity index (χ4n) is 2.37. The van der Waals surface area contributed by atoms with Crippen molar-refractivity contribution in [2.45, 2.75) is 25.8 Å². The van der Waals surface area contributed by atoms with E-state index in [1.165, 1.54) is 5.56 Å². The number of aryl methyl sites for hydroxylation is 2. The largest absolute Gasteiger partial charge is 0.370 e. The Morgan fingerprint density at radius 3 is 3.12 bits per heavy atom. The highest BCUT2D eigenvalue weighted by molar-refractivity contribution is 5.41. The van der Waals surface area contributed by atoms with E-state index in [1.54, 1.807) is 0 Å². The van der Waals surface area contributed by atoms with Crippen LogP contribution in [0.4, 0.5) is 5.82 Å². The number of nitrogens with one attached hydrogen (secondary N) is 1. The van der Waals surface area contributed by atoms with Gasteiger partial charge < -0.3 is 5.32 Å². The van der Waals surface area contributed by atoms with Crippen molar-refractivity contribution in [2.24, 2.45) is 7.05 Å². The molecule has 0 saturated carbocycles. The van der Waals surface area contributed by atoms with Gasteiger partial charge in [-0.1, -0.05) is 6.92 Å². The molecule has 0 aromatic carbocycles. The molecule has 1 aliphatic heterocycles. The van der Waals surface area contributed by atoms with Gasteiger partial charge in [0.05, 0.1) is 17.9 Å². The van der Waals surface area contributed by atoms with Crippen molar-refractivity contribution >= 4 is 5.82 Å². The van der Waals surface area contributed by atoms with Crippen LogP contribution in [0, 0.1) is 0 Å². The van der Waals surface area contributed by atoms with Crippen molar-refractivity contribution in [3.63, 3.8) is 0 Å². The molecule has 3 heterocycles. The van der Waals surface area contributed by atoms with Crippen LogP contribution in [0.25, 0.3) is 0 Å². The molecule has 2 aromatic heterocycles. The smallest absolute Gasteiger partial charge is 0.125 e. The van der Waals surface area contributed by atoms with Gasteiger partial charge in [0.15, 0.2) is 0 Å². The van der Waals surface area contributed by atoms with E-state index in [0.717, 1.165) is 30.9 Å². The third kappa shape index (κ3) is 1.71. The molecule has 2 aromatic rings. The SMILES string of the molecule is CCc1cc2n(n1)C(c1cnn(C)c1)CCN2. The van der Waals surface area contributed by atoms with Crippen LogP contribution in [0.2, 0.25) is 0 Å². The van der Waals surface area contributed by atoms with Gasteiger partial charge in [-0.05, 0) is 12.8 Å². The lowest BCUT2D eigenvalue weighted by molar-refractivity contribution is 0.478. The van der Waals surface area contributed by atoms with Crippen molar-refractivity contribution in [3.8, 4) is 0 Å². The molecule has 5 heteroatoms. The van der Waals surface area contributed by atoms with Crippen LogP contribution in [0.3, 0.4) is 0 Å². The molecule has 1 N–H and O–H groups in total. The zero-order valence-corrected chi connectivity index (χ0v) is 10.2. The van der Waals surface area contributed by atoms with E-state index >= 15 is 0 Å². The van der Waals surface area contributed by atoms with Gasteiger partial charge in [0.1, 0.15) is 5.82 Å². The standard InChI is InChI=1S/C12H17N5/c1-3-10-6-12-13-5-4-11(17(12)15-10)9-7-14-16(2)8-9/h6-8,11,13H,3-5H2,1-2H3. The third-order valence-electron chi connectivity index (χ3n) is 3.28. The Bertz CT molecular complexity index is 525.